The minimum Gasteiger partial charge on any atom is -0.323 e. The largest absolute Gasteiger partial charge is 0.433 e. The van der Waals surface area contributed by atoms with Crippen molar-refractivity contribution in [3.8, 4) is 0 Å². The first-order chi connectivity index (χ1) is 6.77. The van der Waals surface area contributed by atoms with Crippen molar-refractivity contribution in [2.45, 2.75) is 13.3 Å². The van der Waals surface area contributed by atoms with Gasteiger partial charge in [-0.3, -0.25) is 9.83 Å². The quantitative estimate of drug-likeness (QED) is 0.557. The maximum atomic E-state index is 10.8. The van der Waals surface area contributed by atoms with E-state index in [0.717, 1.165) is 24.4 Å². The van der Waals surface area contributed by atoms with Crippen molar-refractivity contribution in [3.63, 3.8) is 0 Å². The van der Waals surface area contributed by atoms with Gasteiger partial charge in [-0.1, -0.05) is 23.8 Å². The number of oxime groups is 1. The number of hydrogen-bond acceptors (Lipinski definition) is 5. The van der Waals surface area contributed by atoms with Gasteiger partial charge in [0, 0.05) is 19.3 Å². The van der Waals surface area contributed by atoms with Crippen LogP contribution in [0.5, 0.6) is 0 Å². The highest BCUT2D eigenvalue weighted by molar-refractivity contribution is 8.15. The van der Waals surface area contributed by atoms with E-state index in [4.69, 9.17) is 0 Å². The Bertz CT molecular complexity index is 276. The number of nitrogens with zero attached hydrogens (tertiary/aromatic N) is 2. The first kappa shape index (κ1) is 11.0. The van der Waals surface area contributed by atoms with E-state index in [1.807, 2.05) is 6.92 Å². The predicted molar refractivity (Wildman–Crippen MR) is 58.0 cm³/mol. The van der Waals surface area contributed by atoms with Crippen LogP contribution in [-0.2, 0) is 4.84 Å². The molecular weight excluding hydrogens is 202 g/mol. The lowest BCUT2D eigenvalue weighted by molar-refractivity contribution is 0.154. The maximum Gasteiger partial charge on any atom is 0.433 e. The number of nitrogens with one attached hydrogen (secondary N) is 1. The Hall–Kier alpha value is -1.04. The molecule has 0 unspecified atom stereocenters. The van der Waals surface area contributed by atoms with Gasteiger partial charge in [0.1, 0.15) is 0 Å². The van der Waals surface area contributed by atoms with Gasteiger partial charge >= 0.3 is 6.09 Å². The van der Waals surface area contributed by atoms with Crippen LogP contribution >= 0.6 is 11.8 Å². The molecule has 0 aliphatic carbocycles. The molecule has 14 heavy (non-hydrogen) atoms. The van der Waals surface area contributed by atoms with Crippen molar-refractivity contribution in [1.82, 2.24) is 5.32 Å². The molecule has 0 aromatic rings. The average Bonchev–Trinajstić information content (AvgIpc) is 2.26. The van der Waals surface area contributed by atoms with Gasteiger partial charge in [-0.05, 0) is 6.42 Å². The Kier molecular flexibility index (Phi) is 4.45. The third-order valence-electron chi connectivity index (χ3n) is 1.63. The van der Waals surface area contributed by atoms with E-state index >= 15 is 0 Å². The SMILES string of the molecule is CCC1=NCCSC1=NOC(=O)NC. The van der Waals surface area contributed by atoms with Crippen molar-refractivity contribution < 1.29 is 9.63 Å². The van der Waals surface area contributed by atoms with Gasteiger partial charge < -0.3 is 5.32 Å². The van der Waals surface area contributed by atoms with Gasteiger partial charge in [0.2, 0.25) is 0 Å². The number of amides is 1. The summed E-state index contributed by atoms with van der Waals surface area (Å²) in [7, 11) is 1.49. The average molecular weight is 215 g/mol. The number of aliphatic imine (C=N–C) groups is 1. The van der Waals surface area contributed by atoms with Crippen molar-refractivity contribution in [3.05, 3.63) is 0 Å². The van der Waals surface area contributed by atoms with Gasteiger partial charge in [-0.2, -0.15) is 0 Å². The monoisotopic (exact) mass is 215 g/mol. The summed E-state index contributed by atoms with van der Waals surface area (Å²) in [4.78, 5) is 19.6. The second kappa shape index (κ2) is 5.64. The molecule has 1 amide bonds. The highest BCUT2D eigenvalue weighted by Gasteiger charge is 2.13. The van der Waals surface area contributed by atoms with Crippen molar-refractivity contribution >= 4 is 28.6 Å². The maximum absolute atomic E-state index is 10.8. The van der Waals surface area contributed by atoms with E-state index in [1.54, 1.807) is 11.8 Å². The lowest BCUT2D eigenvalue weighted by Crippen LogP contribution is -2.21. The first-order valence-electron chi connectivity index (χ1n) is 4.41. The third kappa shape index (κ3) is 3.02. The summed E-state index contributed by atoms with van der Waals surface area (Å²) in [5.74, 6) is 0.888. The molecule has 1 aliphatic heterocycles. The van der Waals surface area contributed by atoms with Gasteiger partial charge in [0.15, 0.2) is 5.04 Å². The van der Waals surface area contributed by atoms with Crippen LogP contribution < -0.4 is 5.32 Å². The summed E-state index contributed by atoms with van der Waals surface area (Å²) in [5, 5.41) is 6.77. The van der Waals surface area contributed by atoms with Crippen LogP contribution in [0, 0.1) is 0 Å². The Balaban J connectivity index is 2.60. The molecule has 0 radical (unpaired) electrons. The molecule has 1 N–H and O–H groups in total. The highest BCUT2D eigenvalue weighted by Crippen LogP contribution is 2.13. The third-order valence-corrected chi connectivity index (χ3v) is 2.60. The van der Waals surface area contributed by atoms with Crippen LogP contribution in [0.2, 0.25) is 0 Å². The van der Waals surface area contributed by atoms with E-state index < -0.39 is 6.09 Å². The molecule has 0 spiro atoms. The van der Waals surface area contributed by atoms with E-state index in [-0.39, 0.29) is 0 Å². The van der Waals surface area contributed by atoms with Crippen LogP contribution in [0.25, 0.3) is 0 Å². The zero-order valence-corrected chi connectivity index (χ0v) is 9.06. The number of hydrogen-bond donors (Lipinski definition) is 1. The van der Waals surface area contributed by atoms with Gasteiger partial charge in [-0.25, -0.2) is 4.79 Å². The number of thioether (sulfide) groups is 1. The zero-order chi connectivity index (χ0) is 10.4. The molecule has 0 aromatic heterocycles. The van der Waals surface area contributed by atoms with Gasteiger partial charge in [-0.15, -0.1) is 0 Å². The molecule has 0 fully saturated rings. The second-order valence-electron chi connectivity index (χ2n) is 2.56. The van der Waals surface area contributed by atoms with Crippen molar-refractivity contribution in [2.75, 3.05) is 19.3 Å². The smallest absolute Gasteiger partial charge is 0.323 e. The van der Waals surface area contributed by atoms with Gasteiger partial charge in [0.25, 0.3) is 0 Å². The van der Waals surface area contributed by atoms with Gasteiger partial charge in [0.05, 0.1) is 5.71 Å². The second-order valence-corrected chi connectivity index (χ2v) is 3.64. The summed E-state index contributed by atoms with van der Waals surface area (Å²) in [6, 6.07) is 0. The molecule has 0 aromatic carbocycles. The van der Waals surface area contributed by atoms with E-state index in [0.29, 0.717) is 5.04 Å². The van der Waals surface area contributed by atoms with Crippen LogP contribution in [0.15, 0.2) is 10.1 Å². The molecule has 1 heterocycles. The molecule has 0 saturated heterocycles. The Morgan fingerprint density at radius 3 is 3.21 bits per heavy atom. The summed E-state index contributed by atoms with van der Waals surface area (Å²) < 4.78 is 0. The highest BCUT2D eigenvalue weighted by atomic mass is 32.2. The van der Waals surface area contributed by atoms with E-state index in [2.05, 4.69) is 20.3 Å². The molecule has 1 aliphatic rings. The molecule has 0 bridgehead atoms. The summed E-state index contributed by atoms with van der Waals surface area (Å²) in [6.07, 6.45) is 0.252. The fraction of sp³-hybridized carbons (Fsp3) is 0.625. The predicted octanol–water partition coefficient (Wildman–Crippen LogP) is 1.25. The molecule has 1 rings (SSSR count). The fourth-order valence-corrected chi connectivity index (χ4v) is 1.79. The molecule has 5 nitrogen and oxygen atoms in total. The molecular formula is C8H13N3O2S. The minimum atomic E-state index is -0.556. The molecule has 78 valence electrons. The van der Waals surface area contributed by atoms with Crippen LogP contribution in [0.1, 0.15) is 13.3 Å². The lowest BCUT2D eigenvalue weighted by Gasteiger charge is -2.11. The topological polar surface area (TPSA) is 63.1 Å². The van der Waals surface area contributed by atoms with E-state index in [1.165, 1.54) is 7.05 Å². The summed E-state index contributed by atoms with van der Waals surface area (Å²) in [5.41, 5.74) is 0.908. The fourth-order valence-electron chi connectivity index (χ4n) is 0.944. The van der Waals surface area contributed by atoms with Crippen LogP contribution in [0.4, 0.5) is 4.79 Å². The zero-order valence-electron chi connectivity index (χ0n) is 8.24. The van der Waals surface area contributed by atoms with Crippen molar-refractivity contribution in [2.24, 2.45) is 10.1 Å². The first-order valence-corrected chi connectivity index (χ1v) is 5.39. The summed E-state index contributed by atoms with van der Waals surface area (Å²) in [6.45, 7) is 2.81. The van der Waals surface area contributed by atoms with Crippen LogP contribution in [-0.4, -0.2) is 36.2 Å². The number of carbonyl (C=O) groups is 1. The Morgan fingerprint density at radius 1 is 1.79 bits per heavy atom. The number of carbonyl (C=O) groups excluding carboxylic acids is 1. The molecule has 0 saturated carbocycles. The Morgan fingerprint density at radius 2 is 2.57 bits per heavy atom. The van der Waals surface area contributed by atoms with E-state index in [9.17, 15) is 4.79 Å². The number of rotatable bonds is 2. The molecule has 6 heteroatoms. The normalized spacial score (nSPS) is 19.0. The summed E-state index contributed by atoms with van der Waals surface area (Å²) >= 11 is 1.56. The minimum absolute atomic E-state index is 0.556. The lowest BCUT2D eigenvalue weighted by atomic mass is 10.3. The standard InChI is InChI=1S/C8H13N3O2S/c1-3-6-7(14-5-4-10-6)11-13-8(12)9-2/h3-5H2,1-2H3,(H,9,12). The van der Waals surface area contributed by atoms with Crippen molar-refractivity contribution in [1.29, 1.82) is 0 Å². The molecule has 0 atom stereocenters. The van der Waals surface area contributed by atoms with Crippen LogP contribution in [0.3, 0.4) is 0 Å². The Labute approximate surface area is 87.0 Å².